The quantitative estimate of drug-likeness (QED) is 0.495. The molecule has 2 aliphatic heterocycles. The van der Waals surface area contributed by atoms with Crippen molar-refractivity contribution in [3.63, 3.8) is 0 Å². The van der Waals surface area contributed by atoms with E-state index in [0.717, 1.165) is 30.9 Å². The average molecular weight is 441 g/mol. The molecule has 0 saturated carbocycles. The number of anilines is 2. The minimum Gasteiger partial charge on any atom is -0.478 e. The van der Waals surface area contributed by atoms with Crippen LogP contribution < -0.4 is 10.6 Å². The number of amides is 1. The highest BCUT2D eigenvalue weighted by atomic mass is 16.4. The zero-order valence-corrected chi connectivity index (χ0v) is 18.0. The number of rotatable bonds is 6. The first kappa shape index (κ1) is 20.9. The first-order chi connectivity index (χ1) is 16.1. The van der Waals surface area contributed by atoms with Gasteiger partial charge < -0.3 is 15.7 Å². The zero-order valence-electron chi connectivity index (χ0n) is 18.0. The second-order valence-electron chi connectivity index (χ2n) is 8.32. The Morgan fingerprint density at radius 2 is 1.85 bits per heavy atom. The predicted octanol–water partition coefficient (Wildman–Crippen LogP) is 4.31. The molecule has 3 heterocycles. The second-order valence-corrected chi connectivity index (χ2v) is 8.32. The van der Waals surface area contributed by atoms with Crippen molar-refractivity contribution in [3.05, 3.63) is 89.2 Å². The molecule has 33 heavy (non-hydrogen) atoms. The highest BCUT2D eigenvalue weighted by molar-refractivity contribution is 6.37. The maximum Gasteiger partial charge on any atom is 0.335 e. The topological polar surface area (TPSA) is 94.6 Å². The fourth-order valence-electron chi connectivity index (χ4n) is 4.37. The molecule has 3 aromatic rings. The van der Waals surface area contributed by atoms with E-state index in [2.05, 4.69) is 32.7 Å². The van der Waals surface area contributed by atoms with E-state index in [1.165, 1.54) is 30.5 Å². The van der Waals surface area contributed by atoms with Gasteiger partial charge in [0.25, 0.3) is 5.91 Å². The molecule has 7 heteroatoms. The Morgan fingerprint density at radius 3 is 2.55 bits per heavy atom. The van der Waals surface area contributed by atoms with Gasteiger partial charge in [0, 0.05) is 41.4 Å². The summed E-state index contributed by atoms with van der Waals surface area (Å²) in [6.07, 6.45) is 5.87. The molecule has 0 spiro atoms. The first-order valence-electron chi connectivity index (χ1n) is 11.0. The van der Waals surface area contributed by atoms with E-state index < -0.39 is 5.97 Å². The zero-order chi connectivity index (χ0) is 22.8. The lowest BCUT2D eigenvalue weighted by atomic mass is 9.99. The molecular formula is C26H24N4O3. The smallest absolute Gasteiger partial charge is 0.335 e. The molecule has 2 aromatic carbocycles. The van der Waals surface area contributed by atoms with Crippen LogP contribution >= 0.6 is 0 Å². The number of nitrogens with one attached hydrogen (secondary N) is 2. The first-order valence-corrected chi connectivity index (χ1v) is 11.0. The van der Waals surface area contributed by atoms with Crippen LogP contribution in [-0.4, -0.2) is 40.0 Å². The normalized spacial score (nSPS) is 16.9. The van der Waals surface area contributed by atoms with Gasteiger partial charge in [-0.15, -0.1) is 0 Å². The third-order valence-electron chi connectivity index (χ3n) is 6.04. The Morgan fingerprint density at radius 1 is 1.06 bits per heavy atom. The number of hydrogen-bond donors (Lipinski definition) is 3. The molecule has 0 radical (unpaired) electrons. The van der Waals surface area contributed by atoms with E-state index in [4.69, 9.17) is 0 Å². The summed E-state index contributed by atoms with van der Waals surface area (Å²) in [6, 6.07) is 16.5. The maximum atomic E-state index is 13.0. The maximum absolute atomic E-state index is 13.0. The molecule has 1 saturated heterocycles. The molecule has 166 valence electrons. The van der Waals surface area contributed by atoms with Gasteiger partial charge in [-0.1, -0.05) is 12.1 Å². The van der Waals surface area contributed by atoms with E-state index in [-0.39, 0.29) is 11.5 Å². The van der Waals surface area contributed by atoms with Gasteiger partial charge in [-0.25, -0.2) is 4.79 Å². The van der Waals surface area contributed by atoms with Gasteiger partial charge in [0.05, 0.1) is 16.8 Å². The van der Waals surface area contributed by atoms with E-state index in [1.54, 1.807) is 24.5 Å². The summed E-state index contributed by atoms with van der Waals surface area (Å²) in [6.45, 7) is 3.22. The average Bonchev–Trinajstić information content (AvgIpc) is 3.45. The minimum absolute atomic E-state index is 0.125. The largest absolute Gasteiger partial charge is 0.478 e. The predicted molar refractivity (Wildman–Crippen MR) is 128 cm³/mol. The van der Waals surface area contributed by atoms with Gasteiger partial charge in [-0.2, -0.15) is 0 Å². The lowest BCUT2D eigenvalue weighted by molar-refractivity contribution is -0.110. The van der Waals surface area contributed by atoms with Crippen LogP contribution in [0.15, 0.2) is 67.0 Å². The molecule has 0 bridgehead atoms. The van der Waals surface area contributed by atoms with Crippen LogP contribution in [0.25, 0.3) is 11.3 Å². The number of carboxylic acid groups (broad SMARTS) is 1. The van der Waals surface area contributed by atoms with E-state index in [1.807, 2.05) is 18.2 Å². The van der Waals surface area contributed by atoms with Crippen molar-refractivity contribution >= 4 is 34.5 Å². The summed E-state index contributed by atoms with van der Waals surface area (Å²) in [5.74, 6) is -1.33. The van der Waals surface area contributed by atoms with Crippen molar-refractivity contribution in [3.8, 4) is 0 Å². The Labute approximate surface area is 191 Å². The van der Waals surface area contributed by atoms with Crippen molar-refractivity contribution in [1.82, 2.24) is 9.88 Å². The number of carbonyl (C=O) groups is 2. The van der Waals surface area contributed by atoms with Crippen molar-refractivity contribution in [2.45, 2.75) is 19.4 Å². The summed E-state index contributed by atoms with van der Waals surface area (Å²) in [5, 5.41) is 15.7. The highest BCUT2D eigenvalue weighted by Gasteiger charge is 2.29. The van der Waals surface area contributed by atoms with Crippen molar-refractivity contribution in [1.29, 1.82) is 0 Å². The summed E-state index contributed by atoms with van der Waals surface area (Å²) >= 11 is 0. The molecule has 0 atom stereocenters. The van der Waals surface area contributed by atoms with Crippen LogP contribution in [0.2, 0.25) is 0 Å². The number of carboxylic acids is 1. The summed E-state index contributed by atoms with van der Waals surface area (Å²) in [5.41, 5.74) is 5.05. The highest BCUT2D eigenvalue weighted by Crippen LogP contribution is 2.38. The number of aromatic carboxylic acids is 1. The number of fused-ring (bicyclic) bond motifs is 1. The third-order valence-corrected chi connectivity index (χ3v) is 6.04. The minimum atomic E-state index is -1.04. The third kappa shape index (κ3) is 4.36. The van der Waals surface area contributed by atoms with Gasteiger partial charge in [0.2, 0.25) is 0 Å². The Balaban J connectivity index is 1.53. The molecule has 1 amide bonds. The van der Waals surface area contributed by atoms with Crippen LogP contribution in [0.4, 0.5) is 11.4 Å². The van der Waals surface area contributed by atoms with Crippen LogP contribution in [0.3, 0.4) is 0 Å². The summed E-state index contributed by atoms with van der Waals surface area (Å²) < 4.78 is 0. The van der Waals surface area contributed by atoms with E-state index >= 15 is 0 Å². The van der Waals surface area contributed by atoms with E-state index in [9.17, 15) is 14.7 Å². The standard InChI is InChI=1S/C26H24N4O3/c31-25-23(21-14-18(26(32)33)7-10-22(21)29-25)24(19-4-3-11-27-15-19)28-20-8-5-17(6-9-20)16-30-12-1-2-13-30/h3-11,14-15,28H,1-2,12-13,16H2,(H,29,31)(H,32,33)/b24-23-. The molecule has 3 N–H and O–H groups in total. The number of benzene rings is 2. The molecule has 1 fully saturated rings. The van der Waals surface area contributed by atoms with Crippen LogP contribution in [0.5, 0.6) is 0 Å². The molecule has 0 aliphatic carbocycles. The number of pyridine rings is 1. The second kappa shape index (κ2) is 8.88. The Bertz CT molecular complexity index is 1230. The number of likely N-dealkylation sites (tertiary alicyclic amines) is 1. The lowest BCUT2D eigenvalue weighted by Gasteiger charge is -2.17. The molecule has 5 rings (SSSR count). The van der Waals surface area contributed by atoms with Crippen LogP contribution in [-0.2, 0) is 11.3 Å². The molecule has 0 unspecified atom stereocenters. The van der Waals surface area contributed by atoms with Gasteiger partial charge >= 0.3 is 5.97 Å². The lowest BCUT2D eigenvalue weighted by Crippen LogP contribution is -2.18. The van der Waals surface area contributed by atoms with E-state index in [0.29, 0.717) is 22.5 Å². The van der Waals surface area contributed by atoms with Crippen molar-refractivity contribution in [2.75, 3.05) is 23.7 Å². The van der Waals surface area contributed by atoms with Gasteiger partial charge in [-0.3, -0.25) is 14.7 Å². The van der Waals surface area contributed by atoms with Gasteiger partial charge in [-0.05, 0) is 74.0 Å². The summed E-state index contributed by atoms with van der Waals surface area (Å²) in [4.78, 5) is 31.2. The fourth-order valence-corrected chi connectivity index (χ4v) is 4.37. The van der Waals surface area contributed by atoms with Crippen molar-refractivity contribution in [2.24, 2.45) is 0 Å². The molecule has 1 aromatic heterocycles. The number of carbonyl (C=O) groups excluding carboxylic acids is 1. The number of aromatic nitrogens is 1. The molecular weight excluding hydrogens is 416 g/mol. The monoisotopic (exact) mass is 440 g/mol. The molecule has 7 nitrogen and oxygen atoms in total. The van der Waals surface area contributed by atoms with Gasteiger partial charge in [0.1, 0.15) is 0 Å². The van der Waals surface area contributed by atoms with Crippen molar-refractivity contribution < 1.29 is 14.7 Å². The number of nitrogens with zero attached hydrogens (tertiary/aromatic N) is 2. The SMILES string of the molecule is O=C1Nc2ccc(C(=O)O)cc2/C1=C(/Nc1ccc(CN2CCCC2)cc1)c1cccnc1. The molecule has 2 aliphatic rings. The number of hydrogen-bond acceptors (Lipinski definition) is 5. The summed E-state index contributed by atoms with van der Waals surface area (Å²) in [7, 11) is 0. The van der Waals surface area contributed by atoms with Crippen LogP contribution in [0.1, 0.15) is 39.9 Å². The Kier molecular flexibility index (Phi) is 5.62. The Hall–Kier alpha value is -3.97. The fraction of sp³-hybridized carbons (Fsp3) is 0.192. The van der Waals surface area contributed by atoms with Gasteiger partial charge in [0.15, 0.2) is 0 Å². The van der Waals surface area contributed by atoms with Crippen LogP contribution in [0, 0.1) is 0 Å².